The number of fused-ring (bicyclic) bond motifs is 1. The molecule has 0 unspecified atom stereocenters. The van der Waals surface area contributed by atoms with E-state index >= 15 is 0 Å². The lowest BCUT2D eigenvalue weighted by molar-refractivity contribution is 0.0693. The molecule has 2 aromatic heterocycles. The van der Waals surface area contributed by atoms with Crippen LogP contribution in [0.4, 0.5) is 0 Å². The van der Waals surface area contributed by atoms with Crippen molar-refractivity contribution in [1.82, 2.24) is 15.2 Å². The highest BCUT2D eigenvalue weighted by atomic mass is 16.5. The monoisotopic (exact) mass is 267 g/mol. The number of pyridine rings is 1. The zero-order valence-corrected chi connectivity index (χ0v) is 10.2. The van der Waals surface area contributed by atoms with E-state index in [1.165, 1.54) is 18.5 Å². The zero-order chi connectivity index (χ0) is 13.9. The van der Waals surface area contributed by atoms with E-state index < -0.39 is 5.97 Å². The Hall–Kier alpha value is -3.02. The normalized spacial score (nSPS) is 10.4. The second-order valence-electron chi connectivity index (χ2n) is 4.02. The molecule has 0 saturated carbocycles. The van der Waals surface area contributed by atoms with Crippen molar-refractivity contribution in [2.24, 2.45) is 0 Å². The van der Waals surface area contributed by atoms with Crippen LogP contribution in [0.3, 0.4) is 0 Å². The molecule has 6 nitrogen and oxygen atoms in total. The molecule has 0 aliphatic rings. The molecule has 0 aliphatic carbocycles. The molecule has 0 saturated heterocycles. The van der Waals surface area contributed by atoms with E-state index in [1.807, 2.05) is 24.3 Å². The largest absolute Gasteiger partial charge is 0.477 e. The van der Waals surface area contributed by atoms with Crippen molar-refractivity contribution in [3.8, 4) is 11.6 Å². The second kappa shape index (κ2) is 4.93. The molecule has 3 aromatic rings. The summed E-state index contributed by atoms with van der Waals surface area (Å²) in [4.78, 5) is 15.3. The van der Waals surface area contributed by atoms with E-state index in [0.29, 0.717) is 5.75 Å². The molecule has 1 aromatic carbocycles. The van der Waals surface area contributed by atoms with Gasteiger partial charge in [-0.25, -0.2) is 4.79 Å². The van der Waals surface area contributed by atoms with Crippen molar-refractivity contribution in [1.29, 1.82) is 0 Å². The summed E-state index contributed by atoms with van der Waals surface area (Å²) in [7, 11) is 0. The number of carbonyl (C=O) groups is 1. The summed E-state index contributed by atoms with van der Waals surface area (Å²) in [6, 6.07) is 10.6. The number of hydrogen-bond donors (Lipinski definition) is 1. The van der Waals surface area contributed by atoms with E-state index in [4.69, 9.17) is 9.84 Å². The van der Waals surface area contributed by atoms with Crippen LogP contribution in [0.1, 0.15) is 10.4 Å². The quantitative estimate of drug-likeness (QED) is 0.784. The molecular weight excluding hydrogens is 258 g/mol. The third-order valence-corrected chi connectivity index (χ3v) is 2.70. The first kappa shape index (κ1) is 12.0. The van der Waals surface area contributed by atoms with Gasteiger partial charge in [0.1, 0.15) is 11.3 Å². The maximum atomic E-state index is 11.1. The summed E-state index contributed by atoms with van der Waals surface area (Å²) in [5, 5.41) is 17.3. The minimum atomic E-state index is -1.12. The van der Waals surface area contributed by atoms with Crippen LogP contribution in [0.25, 0.3) is 10.9 Å². The minimum absolute atomic E-state index is 0.0480. The molecule has 0 spiro atoms. The van der Waals surface area contributed by atoms with Crippen molar-refractivity contribution in [2.45, 2.75) is 0 Å². The molecule has 98 valence electrons. The average Bonchev–Trinajstić information content (AvgIpc) is 2.47. The number of rotatable bonds is 3. The fourth-order valence-corrected chi connectivity index (χ4v) is 1.78. The van der Waals surface area contributed by atoms with Crippen LogP contribution in [0.5, 0.6) is 11.6 Å². The van der Waals surface area contributed by atoms with Crippen LogP contribution in [0, 0.1) is 0 Å². The van der Waals surface area contributed by atoms with E-state index in [9.17, 15) is 4.79 Å². The van der Waals surface area contributed by atoms with E-state index in [2.05, 4.69) is 15.2 Å². The lowest BCUT2D eigenvalue weighted by Gasteiger charge is -2.06. The molecule has 0 fully saturated rings. The highest BCUT2D eigenvalue weighted by Gasteiger charge is 2.13. The van der Waals surface area contributed by atoms with Crippen molar-refractivity contribution in [3.63, 3.8) is 0 Å². The van der Waals surface area contributed by atoms with E-state index in [0.717, 1.165) is 10.9 Å². The van der Waals surface area contributed by atoms with Crippen LogP contribution in [0.2, 0.25) is 0 Å². The number of benzene rings is 1. The van der Waals surface area contributed by atoms with Gasteiger partial charge in [-0.05, 0) is 18.2 Å². The van der Waals surface area contributed by atoms with Gasteiger partial charge in [-0.15, -0.1) is 5.10 Å². The molecule has 0 radical (unpaired) electrons. The lowest BCUT2D eigenvalue weighted by atomic mass is 10.2. The first-order chi connectivity index (χ1) is 9.74. The Kier molecular flexibility index (Phi) is 2.96. The summed E-state index contributed by atoms with van der Waals surface area (Å²) in [5.74, 6) is -0.771. The summed E-state index contributed by atoms with van der Waals surface area (Å²) in [5.41, 5.74) is 0.783. The molecule has 2 heterocycles. The topological polar surface area (TPSA) is 85.2 Å². The van der Waals surface area contributed by atoms with Crippen molar-refractivity contribution in [2.75, 3.05) is 0 Å². The maximum Gasteiger partial charge on any atom is 0.341 e. The number of nitrogens with zero attached hydrogens (tertiary/aromatic N) is 3. The van der Waals surface area contributed by atoms with Gasteiger partial charge in [-0.2, -0.15) is 5.10 Å². The molecular formula is C14H9N3O3. The highest BCUT2D eigenvalue weighted by molar-refractivity contribution is 5.90. The van der Waals surface area contributed by atoms with Gasteiger partial charge in [-0.3, -0.25) is 4.98 Å². The van der Waals surface area contributed by atoms with E-state index in [1.54, 1.807) is 6.07 Å². The molecule has 6 heteroatoms. The zero-order valence-electron chi connectivity index (χ0n) is 10.2. The molecule has 3 rings (SSSR count). The molecule has 1 N–H and O–H groups in total. The van der Waals surface area contributed by atoms with Crippen LogP contribution < -0.4 is 4.74 Å². The lowest BCUT2D eigenvalue weighted by Crippen LogP contribution is -2.03. The predicted molar refractivity (Wildman–Crippen MR) is 70.8 cm³/mol. The smallest absolute Gasteiger partial charge is 0.341 e. The van der Waals surface area contributed by atoms with Gasteiger partial charge in [0, 0.05) is 5.39 Å². The predicted octanol–water partition coefficient (Wildman–Crippen LogP) is 2.52. The number of hydrogen-bond acceptors (Lipinski definition) is 5. The number of para-hydroxylation sites is 1. The first-order valence-corrected chi connectivity index (χ1v) is 5.81. The molecule has 0 bridgehead atoms. The first-order valence-electron chi connectivity index (χ1n) is 5.81. The summed E-state index contributed by atoms with van der Waals surface area (Å²) in [6.07, 6.45) is 2.82. The Morgan fingerprint density at radius 3 is 2.90 bits per heavy atom. The molecule has 0 aliphatic heterocycles. The Labute approximate surface area is 113 Å². The number of aromatic nitrogens is 3. The second-order valence-corrected chi connectivity index (χ2v) is 4.02. The van der Waals surface area contributed by atoms with Crippen LogP contribution in [-0.4, -0.2) is 26.3 Å². The van der Waals surface area contributed by atoms with Gasteiger partial charge < -0.3 is 9.84 Å². The number of ether oxygens (including phenoxy) is 1. The third kappa shape index (κ3) is 2.26. The number of carboxylic acids is 1. The summed E-state index contributed by atoms with van der Waals surface area (Å²) < 4.78 is 5.46. The van der Waals surface area contributed by atoms with Gasteiger partial charge in [0.05, 0.1) is 17.9 Å². The van der Waals surface area contributed by atoms with Gasteiger partial charge in [0.2, 0.25) is 0 Å². The summed E-state index contributed by atoms with van der Waals surface area (Å²) >= 11 is 0. The van der Waals surface area contributed by atoms with Gasteiger partial charge >= 0.3 is 5.97 Å². The van der Waals surface area contributed by atoms with E-state index in [-0.39, 0.29) is 11.4 Å². The number of carboxylic acid groups (broad SMARTS) is 1. The van der Waals surface area contributed by atoms with Crippen molar-refractivity contribution >= 4 is 16.9 Å². The highest BCUT2D eigenvalue weighted by Crippen LogP contribution is 2.24. The molecule has 0 atom stereocenters. The maximum absolute atomic E-state index is 11.1. The van der Waals surface area contributed by atoms with Gasteiger partial charge in [-0.1, -0.05) is 18.2 Å². The van der Waals surface area contributed by atoms with Crippen molar-refractivity contribution < 1.29 is 14.6 Å². The summed E-state index contributed by atoms with van der Waals surface area (Å²) in [6.45, 7) is 0. The minimum Gasteiger partial charge on any atom is -0.477 e. The van der Waals surface area contributed by atoms with Crippen LogP contribution in [0.15, 0.2) is 48.8 Å². The average molecular weight is 267 g/mol. The van der Waals surface area contributed by atoms with Crippen LogP contribution >= 0.6 is 0 Å². The molecule has 20 heavy (non-hydrogen) atoms. The van der Waals surface area contributed by atoms with Crippen LogP contribution in [-0.2, 0) is 0 Å². The molecule has 0 amide bonds. The Morgan fingerprint density at radius 2 is 2.05 bits per heavy atom. The van der Waals surface area contributed by atoms with Gasteiger partial charge in [0.15, 0.2) is 0 Å². The Balaban J connectivity index is 1.99. The third-order valence-electron chi connectivity index (χ3n) is 2.70. The Bertz CT molecular complexity index is 789. The standard InChI is InChI=1S/C14H9N3O3/c18-14(19)11-5-6-16-17-13(11)20-10-7-9-3-1-2-4-12(9)15-8-10/h1-8H,(H,18,19). The van der Waals surface area contributed by atoms with Gasteiger partial charge in [0.25, 0.3) is 5.88 Å². The Morgan fingerprint density at radius 1 is 1.20 bits per heavy atom. The fraction of sp³-hybridized carbons (Fsp3) is 0. The number of aromatic carboxylic acids is 1. The SMILES string of the molecule is O=C(O)c1ccnnc1Oc1cnc2ccccc2c1. The fourth-order valence-electron chi connectivity index (χ4n) is 1.78. The van der Waals surface area contributed by atoms with Crippen molar-refractivity contribution in [3.05, 3.63) is 54.4 Å².